The molecule has 0 unspecified atom stereocenters. The quantitative estimate of drug-likeness (QED) is 0.617. The first-order chi connectivity index (χ1) is 10.0. The van der Waals surface area contributed by atoms with Gasteiger partial charge in [-0.3, -0.25) is 5.41 Å². The Morgan fingerprint density at radius 1 is 1.38 bits per heavy atom. The average Bonchev–Trinajstić information content (AvgIpc) is 2.92. The van der Waals surface area contributed by atoms with Crippen molar-refractivity contribution in [3.63, 3.8) is 0 Å². The van der Waals surface area contributed by atoms with Gasteiger partial charge in [-0.05, 0) is 37.3 Å². The predicted molar refractivity (Wildman–Crippen MR) is 86.5 cm³/mol. The van der Waals surface area contributed by atoms with Crippen LogP contribution in [-0.4, -0.2) is 18.4 Å². The second kappa shape index (κ2) is 6.92. The molecule has 1 aliphatic rings. The summed E-state index contributed by atoms with van der Waals surface area (Å²) in [6.07, 6.45) is 5.81. The topological polar surface area (TPSA) is 53.1 Å². The summed E-state index contributed by atoms with van der Waals surface area (Å²) in [6, 6.07) is 5.45. The summed E-state index contributed by atoms with van der Waals surface area (Å²) in [5, 5.41) is 7.71. The number of halogens is 1. The average molecular weight is 291 g/mol. The Morgan fingerprint density at radius 3 is 2.62 bits per heavy atom. The summed E-state index contributed by atoms with van der Waals surface area (Å²) in [7, 11) is 0. The summed E-state index contributed by atoms with van der Waals surface area (Å²) in [6.45, 7) is 5.29. The van der Waals surface area contributed by atoms with Crippen molar-refractivity contribution in [3.05, 3.63) is 29.6 Å². The monoisotopic (exact) mass is 291 g/mol. The van der Waals surface area contributed by atoms with Crippen molar-refractivity contribution in [2.45, 2.75) is 52.0 Å². The number of hydrogen-bond donors (Lipinski definition) is 2. The van der Waals surface area contributed by atoms with Crippen LogP contribution in [0.5, 0.6) is 0 Å². The predicted octanol–water partition coefficient (Wildman–Crippen LogP) is 3.90. The molecule has 2 rings (SSSR count). The van der Waals surface area contributed by atoms with Crippen molar-refractivity contribution in [1.29, 1.82) is 5.41 Å². The van der Waals surface area contributed by atoms with Gasteiger partial charge in [0, 0.05) is 12.6 Å². The van der Waals surface area contributed by atoms with Gasteiger partial charge in [0.1, 0.15) is 11.7 Å². The van der Waals surface area contributed by atoms with Crippen LogP contribution < -0.4 is 10.6 Å². The van der Waals surface area contributed by atoms with Crippen molar-refractivity contribution in [2.24, 2.45) is 11.7 Å². The van der Waals surface area contributed by atoms with E-state index in [9.17, 15) is 4.39 Å². The van der Waals surface area contributed by atoms with E-state index >= 15 is 0 Å². The van der Waals surface area contributed by atoms with Gasteiger partial charge in [0.25, 0.3) is 0 Å². The van der Waals surface area contributed by atoms with Gasteiger partial charge in [-0.25, -0.2) is 4.39 Å². The third-order valence-electron chi connectivity index (χ3n) is 4.28. The Morgan fingerprint density at radius 2 is 2.05 bits per heavy atom. The van der Waals surface area contributed by atoms with Gasteiger partial charge in [0.2, 0.25) is 0 Å². The molecule has 0 atom stereocenters. The Kier molecular flexibility index (Phi) is 5.21. The summed E-state index contributed by atoms with van der Waals surface area (Å²) in [5.74, 6) is 0.0198. The number of anilines is 1. The van der Waals surface area contributed by atoms with E-state index in [1.165, 1.54) is 18.9 Å². The number of nitrogens with two attached hydrogens (primary N) is 1. The molecule has 3 N–H and O–H groups in total. The van der Waals surface area contributed by atoms with Crippen molar-refractivity contribution in [2.75, 3.05) is 11.4 Å². The van der Waals surface area contributed by atoms with E-state index in [0.29, 0.717) is 12.0 Å². The van der Waals surface area contributed by atoms with Crippen LogP contribution >= 0.6 is 0 Å². The number of nitrogens with one attached hydrogen (secondary N) is 1. The Hall–Kier alpha value is -1.58. The van der Waals surface area contributed by atoms with Crippen LogP contribution in [0.3, 0.4) is 0 Å². The molecule has 4 heteroatoms. The van der Waals surface area contributed by atoms with E-state index in [-0.39, 0.29) is 11.4 Å². The molecule has 1 aliphatic carbocycles. The van der Waals surface area contributed by atoms with Crippen molar-refractivity contribution in [1.82, 2.24) is 0 Å². The highest BCUT2D eigenvalue weighted by atomic mass is 19.1. The highest BCUT2D eigenvalue weighted by Gasteiger charge is 2.26. The van der Waals surface area contributed by atoms with Gasteiger partial charge in [0.05, 0.1) is 11.3 Å². The lowest BCUT2D eigenvalue weighted by molar-refractivity contribution is 0.526. The number of nitrogen functional groups attached to an aromatic ring is 1. The molecule has 21 heavy (non-hydrogen) atoms. The number of rotatable bonds is 6. The lowest BCUT2D eigenvalue weighted by atomic mass is 10.0. The second-order valence-electron chi connectivity index (χ2n) is 6.36. The van der Waals surface area contributed by atoms with Gasteiger partial charge < -0.3 is 10.6 Å². The SMILES string of the molecule is CC(C)CCN(c1cccc(F)c1C(=N)N)C1CCCC1. The van der Waals surface area contributed by atoms with Crippen molar-refractivity contribution >= 4 is 11.5 Å². The lowest BCUT2D eigenvalue weighted by Crippen LogP contribution is -2.36. The summed E-state index contributed by atoms with van der Waals surface area (Å²) in [5.41, 5.74) is 6.67. The molecule has 1 fully saturated rings. The molecule has 3 nitrogen and oxygen atoms in total. The molecular formula is C17H26FN3. The summed E-state index contributed by atoms with van der Waals surface area (Å²) in [4.78, 5) is 2.28. The van der Waals surface area contributed by atoms with Crippen LogP contribution in [-0.2, 0) is 0 Å². The van der Waals surface area contributed by atoms with Crippen LogP contribution in [0.15, 0.2) is 18.2 Å². The molecule has 0 aromatic heterocycles. The maximum atomic E-state index is 14.1. The standard InChI is InChI=1S/C17H26FN3/c1-12(2)10-11-21(13-6-3-4-7-13)15-9-5-8-14(18)16(15)17(19)20/h5,8-9,12-13H,3-4,6-7,10-11H2,1-2H3,(H3,19,20). The fourth-order valence-corrected chi connectivity index (χ4v) is 3.13. The smallest absolute Gasteiger partial charge is 0.136 e. The molecule has 0 amide bonds. The van der Waals surface area contributed by atoms with Crippen LogP contribution in [0.2, 0.25) is 0 Å². The lowest BCUT2D eigenvalue weighted by Gasteiger charge is -2.33. The molecule has 1 aromatic carbocycles. The largest absolute Gasteiger partial charge is 0.384 e. The molecule has 0 bridgehead atoms. The molecule has 1 saturated carbocycles. The number of benzene rings is 1. The zero-order valence-electron chi connectivity index (χ0n) is 13.0. The Balaban J connectivity index is 2.35. The first-order valence-electron chi connectivity index (χ1n) is 7.90. The Bertz CT molecular complexity index is 493. The van der Waals surface area contributed by atoms with E-state index in [2.05, 4.69) is 18.7 Å². The van der Waals surface area contributed by atoms with E-state index in [1.54, 1.807) is 6.07 Å². The summed E-state index contributed by atoms with van der Waals surface area (Å²) >= 11 is 0. The fraction of sp³-hybridized carbons (Fsp3) is 0.588. The molecular weight excluding hydrogens is 265 g/mol. The van der Waals surface area contributed by atoms with E-state index < -0.39 is 5.82 Å². The second-order valence-corrected chi connectivity index (χ2v) is 6.36. The van der Waals surface area contributed by atoms with Crippen LogP contribution in [0.25, 0.3) is 0 Å². The van der Waals surface area contributed by atoms with Gasteiger partial charge in [0.15, 0.2) is 0 Å². The number of hydrogen-bond acceptors (Lipinski definition) is 2. The third-order valence-corrected chi connectivity index (χ3v) is 4.28. The van der Waals surface area contributed by atoms with E-state index in [4.69, 9.17) is 11.1 Å². The highest BCUT2D eigenvalue weighted by Crippen LogP contribution is 2.32. The van der Waals surface area contributed by atoms with Crippen LogP contribution in [0.4, 0.5) is 10.1 Å². The van der Waals surface area contributed by atoms with Gasteiger partial charge in [-0.15, -0.1) is 0 Å². The normalized spacial score (nSPS) is 15.6. The van der Waals surface area contributed by atoms with Crippen molar-refractivity contribution in [3.8, 4) is 0 Å². The van der Waals surface area contributed by atoms with E-state index in [0.717, 1.165) is 31.5 Å². The minimum atomic E-state index is -0.396. The van der Waals surface area contributed by atoms with Gasteiger partial charge >= 0.3 is 0 Å². The van der Waals surface area contributed by atoms with Gasteiger partial charge in [-0.2, -0.15) is 0 Å². The first kappa shape index (κ1) is 15.8. The minimum absolute atomic E-state index is 0.185. The first-order valence-corrected chi connectivity index (χ1v) is 7.90. The third kappa shape index (κ3) is 3.74. The maximum Gasteiger partial charge on any atom is 0.136 e. The molecule has 116 valence electrons. The minimum Gasteiger partial charge on any atom is -0.384 e. The summed E-state index contributed by atoms with van der Waals surface area (Å²) < 4.78 is 14.1. The Labute approximate surface area is 126 Å². The molecule has 1 aromatic rings. The molecule has 0 radical (unpaired) electrons. The highest BCUT2D eigenvalue weighted by molar-refractivity contribution is 6.00. The van der Waals surface area contributed by atoms with E-state index in [1.807, 2.05) is 6.07 Å². The van der Waals surface area contributed by atoms with Gasteiger partial charge in [-0.1, -0.05) is 32.8 Å². The van der Waals surface area contributed by atoms with Crippen LogP contribution in [0.1, 0.15) is 51.5 Å². The maximum absolute atomic E-state index is 14.1. The molecule has 0 heterocycles. The number of amidine groups is 1. The molecule has 0 saturated heterocycles. The van der Waals surface area contributed by atoms with Crippen LogP contribution in [0, 0.1) is 17.1 Å². The molecule has 0 aliphatic heterocycles. The zero-order chi connectivity index (χ0) is 15.4. The number of nitrogens with zero attached hydrogens (tertiary/aromatic N) is 1. The zero-order valence-corrected chi connectivity index (χ0v) is 13.0. The molecule has 0 spiro atoms. The fourth-order valence-electron chi connectivity index (χ4n) is 3.13. The van der Waals surface area contributed by atoms with Crippen molar-refractivity contribution < 1.29 is 4.39 Å².